The van der Waals surface area contributed by atoms with Crippen molar-refractivity contribution in [3.8, 4) is 11.1 Å². The van der Waals surface area contributed by atoms with Crippen LogP contribution in [0.3, 0.4) is 0 Å². The number of carbonyl (C=O) groups excluding carboxylic acids is 2. The van der Waals surface area contributed by atoms with E-state index in [4.69, 9.17) is 0 Å². The highest BCUT2D eigenvalue weighted by molar-refractivity contribution is 5.92. The fourth-order valence-corrected chi connectivity index (χ4v) is 2.40. The Hall–Kier alpha value is -3.49. The zero-order valence-electron chi connectivity index (χ0n) is 15.4. The van der Waals surface area contributed by atoms with Crippen LogP contribution < -0.4 is 16.0 Å². The molecule has 0 saturated carbocycles. The van der Waals surface area contributed by atoms with Crippen molar-refractivity contribution in [3.05, 3.63) is 36.7 Å². The lowest BCUT2D eigenvalue weighted by atomic mass is 10.1. The number of anilines is 2. The van der Waals surface area contributed by atoms with Crippen molar-refractivity contribution >= 4 is 29.4 Å². The van der Waals surface area contributed by atoms with Crippen LogP contribution in [0.25, 0.3) is 16.8 Å². The number of fused-ring (bicyclic) bond motifs is 1. The number of aromatic nitrogens is 4. The predicted octanol–water partition coefficient (Wildman–Crippen LogP) is 2.53. The van der Waals surface area contributed by atoms with Crippen LogP contribution in [0.4, 0.5) is 16.6 Å². The van der Waals surface area contributed by atoms with Crippen molar-refractivity contribution in [1.29, 1.82) is 0 Å². The summed E-state index contributed by atoms with van der Waals surface area (Å²) in [5, 5.41) is 12.3. The summed E-state index contributed by atoms with van der Waals surface area (Å²) >= 11 is 0. The van der Waals surface area contributed by atoms with Gasteiger partial charge in [-0.05, 0) is 30.7 Å². The Kier molecular flexibility index (Phi) is 5.30. The Labute approximate surface area is 156 Å². The second-order valence-corrected chi connectivity index (χ2v) is 6.20. The van der Waals surface area contributed by atoms with E-state index in [0.717, 1.165) is 11.1 Å². The summed E-state index contributed by atoms with van der Waals surface area (Å²) in [7, 11) is 0. The zero-order valence-corrected chi connectivity index (χ0v) is 15.4. The maximum Gasteiger partial charge on any atom is 0.321 e. The monoisotopic (exact) mass is 367 g/mol. The van der Waals surface area contributed by atoms with Crippen LogP contribution in [-0.4, -0.2) is 38.1 Å². The van der Waals surface area contributed by atoms with Gasteiger partial charge in [0.2, 0.25) is 5.91 Å². The summed E-state index contributed by atoms with van der Waals surface area (Å²) in [6.07, 6.45) is 3.42. The molecule has 9 nitrogen and oxygen atoms in total. The lowest BCUT2D eigenvalue weighted by molar-refractivity contribution is -0.118. The standard InChI is InChI=1S/C18H21N7O2/c1-4-20-18(27)23-17-22-15-9-13(12-6-5-7-19-10-12)8-14(25(15)24-17)21-16(26)11(2)3/h5-11H,4H2,1-3H3,(H,21,26)(H2,20,23,24,27). The van der Waals surface area contributed by atoms with Gasteiger partial charge in [-0.25, -0.2) is 4.79 Å². The first-order valence-electron chi connectivity index (χ1n) is 8.65. The van der Waals surface area contributed by atoms with Crippen LogP contribution in [0.5, 0.6) is 0 Å². The van der Waals surface area contributed by atoms with Crippen molar-refractivity contribution < 1.29 is 9.59 Å². The Morgan fingerprint density at radius 3 is 2.67 bits per heavy atom. The first-order valence-corrected chi connectivity index (χ1v) is 8.65. The number of nitrogens with one attached hydrogen (secondary N) is 3. The molecular weight excluding hydrogens is 346 g/mol. The third-order valence-corrected chi connectivity index (χ3v) is 3.77. The molecule has 0 aliphatic heterocycles. The van der Waals surface area contributed by atoms with E-state index in [9.17, 15) is 9.59 Å². The van der Waals surface area contributed by atoms with Gasteiger partial charge in [-0.3, -0.25) is 15.1 Å². The second-order valence-electron chi connectivity index (χ2n) is 6.20. The van der Waals surface area contributed by atoms with E-state index in [2.05, 4.69) is 31.0 Å². The Morgan fingerprint density at radius 2 is 2.00 bits per heavy atom. The SMILES string of the molecule is CCNC(=O)Nc1nc2cc(-c3cccnc3)cc(NC(=O)C(C)C)n2n1. The highest BCUT2D eigenvalue weighted by Gasteiger charge is 2.15. The van der Waals surface area contributed by atoms with Crippen LogP contribution in [0.2, 0.25) is 0 Å². The van der Waals surface area contributed by atoms with Crippen LogP contribution in [0.1, 0.15) is 20.8 Å². The average molecular weight is 367 g/mol. The topological polar surface area (TPSA) is 113 Å². The molecular formula is C18H21N7O2. The number of pyridine rings is 2. The number of amides is 3. The van der Waals surface area contributed by atoms with E-state index in [1.165, 1.54) is 4.52 Å². The molecule has 0 saturated heterocycles. The Bertz CT molecular complexity index is 967. The van der Waals surface area contributed by atoms with Gasteiger partial charge in [-0.2, -0.15) is 9.50 Å². The molecule has 9 heteroatoms. The number of nitrogens with zero attached hydrogens (tertiary/aromatic N) is 4. The summed E-state index contributed by atoms with van der Waals surface area (Å²) in [4.78, 5) is 32.4. The van der Waals surface area contributed by atoms with Crippen molar-refractivity contribution in [1.82, 2.24) is 24.9 Å². The molecule has 3 aromatic rings. The quantitative estimate of drug-likeness (QED) is 0.641. The minimum Gasteiger partial charge on any atom is -0.338 e. The van der Waals surface area contributed by atoms with Crippen molar-refractivity contribution in [2.45, 2.75) is 20.8 Å². The van der Waals surface area contributed by atoms with Gasteiger partial charge in [0.1, 0.15) is 5.82 Å². The number of urea groups is 1. The lowest BCUT2D eigenvalue weighted by Crippen LogP contribution is -2.28. The minimum absolute atomic E-state index is 0.143. The third kappa shape index (κ3) is 4.20. The maximum absolute atomic E-state index is 12.2. The molecule has 3 amide bonds. The average Bonchev–Trinajstić information content (AvgIpc) is 3.05. The fraction of sp³-hybridized carbons (Fsp3) is 0.278. The molecule has 0 fully saturated rings. The smallest absolute Gasteiger partial charge is 0.321 e. The van der Waals surface area contributed by atoms with E-state index in [0.29, 0.717) is 18.0 Å². The highest BCUT2D eigenvalue weighted by Crippen LogP contribution is 2.25. The van der Waals surface area contributed by atoms with Gasteiger partial charge in [0.05, 0.1) is 0 Å². The zero-order chi connectivity index (χ0) is 19.4. The van der Waals surface area contributed by atoms with Gasteiger partial charge in [0, 0.05) is 30.4 Å². The maximum atomic E-state index is 12.2. The molecule has 0 unspecified atom stereocenters. The van der Waals surface area contributed by atoms with Gasteiger partial charge < -0.3 is 10.6 Å². The van der Waals surface area contributed by atoms with Crippen LogP contribution in [-0.2, 0) is 4.79 Å². The van der Waals surface area contributed by atoms with E-state index in [1.54, 1.807) is 32.3 Å². The first-order chi connectivity index (χ1) is 13.0. The molecule has 0 aliphatic rings. The molecule has 0 spiro atoms. The van der Waals surface area contributed by atoms with E-state index < -0.39 is 6.03 Å². The lowest BCUT2D eigenvalue weighted by Gasteiger charge is -2.11. The fourth-order valence-electron chi connectivity index (χ4n) is 2.40. The van der Waals surface area contributed by atoms with E-state index in [1.807, 2.05) is 25.1 Å². The Balaban J connectivity index is 2.06. The third-order valence-electron chi connectivity index (χ3n) is 3.77. The summed E-state index contributed by atoms with van der Waals surface area (Å²) in [6, 6.07) is 6.97. The summed E-state index contributed by atoms with van der Waals surface area (Å²) in [5.74, 6) is 0.262. The summed E-state index contributed by atoms with van der Waals surface area (Å²) in [6.45, 7) is 5.91. The summed E-state index contributed by atoms with van der Waals surface area (Å²) in [5.41, 5.74) is 2.19. The molecule has 0 aliphatic carbocycles. The predicted molar refractivity (Wildman–Crippen MR) is 102 cm³/mol. The Morgan fingerprint density at radius 1 is 1.19 bits per heavy atom. The highest BCUT2D eigenvalue weighted by atomic mass is 16.2. The van der Waals surface area contributed by atoms with Crippen molar-refractivity contribution in [2.24, 2.45) is 5.92 Å². The molecule has 3 heterocycles. The van der Waals surface area contributed by atoms with E-state index >= 15 is 0 Å². The van der Waals surface area contributed by atoms with Gasteiger partial charge in [-0.1, -0.05) is 19.9 Å². The van der Waals surface area contributed by atoms with Gasteiger partial charge in [0.15, 0.2) is 5.65 Å². The van der Waals surface area contributed by atoms with Crippen molar-refractivity contribution in [2.75, 3.05) is 17.2 Å². The molecule has 3 N–H and O–H groups in total. The first kappa shape index (κ1) is 18.3. The van der Waals surface area contributed by atoms with Crippen LogP contribution >= 0.6 is 0 Å². The molecule has 0 aromatic carbocycles. The van der Waals surface area contributed by atoms with E-state index in [-0.39, 0.29) is 17.8 Å². The normalized spacial score (nSPS) is 10.8. The minimum atomic E-state index is -0.395. The second kappa shape index (κ2) is 7.81. The molecule has 0 bridgehead atoms. The van der Waals surface area contributed by atoms with Crippen LogP contribution in [0.15, 0.2) is 36.7 Å². The number of hydrogen-bond acceptors (Lipinski definition) is 5. The van der Waals surface area contributed by atoms with Gasteiger partial charge in [-0.15, -0.1) is 5.10 Å². The molecule has 140 valence electrons. The number of hydrogen-bond donors (Lipinski definition) is 3. The van der Waals surface area contributed by atoms with Crippen LogP contribution in [0, 0.1) is 5.92 Å². The number of carbonyl (C=O) groups is 2. The largest absolute Gasteiger partial charge is 0.338 e. The van der Waals surface area contributed by atoms with Gasteiger partial charge >= 0.3 is 6.03 Å². The number of rotatable bonds is 5. The molecule has 27 heavy (non-hydrogen) atoms. The van der Waals surface area contributed by atoms with Crippen molar-refractivity contribution in [3.63, 3.8) is 0 Å². The summed E-state index contributed by atoms with van der Waals surface area (Å²) < 4.78 is 1.49. The molecule has 3 aromatic heterocycles. The molecule has 0 atom stereocenters. The van der Waals surface area contributed by atoms with Gasteiger partial charge in [0.25, 0.3) is 5.95 Å². The molecule has 3 rings (SSSR count). The molecule has 0 radical (unpaired) electrons.